The quantitative estimate of drug-likeness (QED) is 0.875. The Balaban J connectivity index is 1.88. The van der Waals surface area contributed by atoms with Crippen LogP contribution in [0.25, 0.3) is 0 Å². The molecule has 1 fully saturated rings. The smallest absolute Gasteiger partial charge is 0.410 e. The van der Waals surface area contributed by atoms with E-state index in [1.165, 1.54) is 4.90 Å². The molecule has 1 atom stereocenters. The number of benzene rings is 1. The highest BCUT2D eigenvalue weighted by Crippen LogP contribution is 2.18. The van der Waals surface area contributed by atoms with Crippen molar-refractivity contribution in [3.63, 3.8) is 0 Å². The molecular formula is C14H17N3O2. The second kappa shape index (κ2) is 5.72. The highest BCUT2D eigenvalue weighted by atomic mass is 16.6. The molecule has 1 aliphatic heterocycles. The predicted molar refractivity (Wildman–Crippen MR) is 70.0 cm³/mol. The van der Waals surface area contributed by atoms with Gasteiger partial charge in [0, 0.05) is 6.54 Å². The summed E-state index contributed by atoms with van der Waals surface area (Å²) in [5.41, 5.74) is 5.88. The van der Waals surface area contributed by atoms with Crippen LogP contribution in [0.3, 0.4) is 0 Å². The normalized spacial score (nSPS) is 22.6. The topological polar surface area (TPSA) is 79.4 Å². The Morgan fingerprint density at radius 3 is 2.89 bits per heavy atom. The number of ether oxygens (including phenoxy) is 1. The van der Waals surface area contributed by atoms with Crippen molar-refractivity contribution in [3.05, 3.63) is 35.9 Å². The first-order valence-corrected chi connectivity index (χ1v) is 6.29. The molecule has 0 bridgehead atoms. The van der Waals surface area contributed by atoms with Crippen LogP contribution < -0.4 is 5.73 Å². The van der Waals surface area contributed by atoms with Crippen LogP contribution >= 0.6 is 0 Å². The molecule has 0 radical (unpaired) electrons. The minimum Gasteiger partial charge on any atom is -0.445 e. The van der Waals surface area contributed by atoms with Gasteiger partial charge in [-0.25, -0.2) is 4.79 Å². The number of rotatable bonds is 2. The van der Waals surface area contributed by atoms with Gasteiger partial charge in [0.25, 0.3) is 0 Å². The van der Waals surface area contributed by atoms with E-state index in [2.05, 4.69) is 6.07 Å². The van der Waals surface area contributed by atoms with Gasteiger partial charge in [-0.3, -0.25) is 0 Å². The number of nitrogens with two attached hydrogens (primary N) is 1. The van der Waals surface area contributed by atoms with E-state index in [1.54, 1.807) is 0 Å². The Bertz CT molecular complexity index is 483. The van der Waals surface area contributed by atoms with Gasteiger partial charge >= 0.3 is 6.09 Å². The first kappa shape index (κ1) is 13.4. The average Bonchev–Trinajstić information content (AvgIpc) is 2.46. The number of carbonyl (C=O) groups is 1. The molecule has 0 aliphatic carbocycles. The lowest BCUT2D eigenvalue weighted by Gasteiger charge is -2.34. The van der Waals surface area contributed by atoms with Crippen LogP contribution in [0.2, 0.25) is 0 Å². The van der Waals surface area contributed by atoms with Crippen molar-refractivity contribution in [1.82, 2.24) is 4.90 Å². The molecule has 1 aliphatic rings. The number of hydrogen-bond acceptors (Lipinski definition) is 4. The van der Waals surface area contributed by atoms with Gasteiger partial charge in [-0.2, -0.15) is 5.26 Å². The van der Waals surface area contributed by atoms with E-state index in [-0.39, 0.29) is 13.2 Å². The number of nitriles is 1. The molecule has 5 nitrogen and oxygen atoms in total. The summed E-state index contributed by atoms with van der Waals surface area (Å²) in [7, 11) is 0. The summed E-state index contributed by atoms with van der Waals surface area (Å²) >= 11 is 0. The van der Waals surface area contributed by atoms with Gasteiger partial charge in [-0.15, -0.1) is 0 Å². The molecule has 0 aromatic heterocycles. The Morgan fingerprint density at radius 2 is 2.21 bits per heavy atom. The summed E-state index contributed by atoms with van der Waals surface area (Å²) in [6, 6.07) is 11.6. The number of carbonyl (C=O) groups excluding carboxylic acids is 1. The van der Waals surface area contributed by atoms with Crippen LogP contribution in [-0.4, -0.2) is 29.6 Å². The van der Waals surface area contributed by atoms with Crippen LogP contribution in [0.1, 0.15) is 18.4 Å². The van der Waals surface area contributed by atoms with E-state index in [0.29, 0.717) is 13.0 Å². The summed E-state index contributed by atoms with van der Waals surface area (Å²) in [5, 5.41) is 9.00. The summed E-state index contributed by atoms with van der Waals surface area (Å²) < 4.78 is 5.23. The van der Waals surface area contributed by atoms with E-state index >= 15 is 0 Å². The van der Waals surface area contributed by atoms with Crippen LogP contribution in [0.4, 0.5) is 4.79 Å². The Morgan fingerprint density at radius 1 is 1.47 bits per heavy atom. The van der Waals surface area contributed by atoms with Gasteiger partial charge in [-0.1, -0.05) is 30.3 Å². The third-order valence-corrected chi connectivity index (χ3v) is 3.21. The van der Waals surface area contributed by atoms with Gasteiger partial charge in [0.15, 0.2) is 0 Å². The fraction of sp³-hybridized carbons (Fsp3) is 0.429. The maximum atomic E-state index is 11.9. The zero-order valence-electron chi connectivity index (χ0n) is 10.7. The Labute approximate surface area is 112 Å². The van der Waals surface area contributed by atoms with Gasteiger partial charge in [0.1, 0.15) is 12.1 Å². The van der Waals surface area contributed by atoms with Gasteiger partial charge in [0.05, 0.1) is 12.6 Å². The summed E-state index contributed by atoms with van der Waals surface area (Å²) in [6.45, 7) is 1.06. The molecule has 19 heavy (non-hydrogen) atoms. The standard InChI is InChI=1S/C14H17N3O2/c15-10-14(16)7-4-8-17(11-14)13(18)19-9-12-5-2-1-3-6-12/h1-3,5-6H,4,7-9,11,16H2. The Kier molecular flexibility index (Phi) is 4.03. The third kappa shape index (κ3) is 3.46. The molecule has 0 spiro atoms. The van der Waals surface area contributed by atoms with Crippen molar-refractivity contribution >= 4 is 6.09 Å². The molecule has 5 heteroatoms. The van der Waals surface area contributed by atoms with Crippen molar-refractivity contribution in [2.45, 2.75) is 25.0 Å². The molecule has 1 heterocycles. The first-order chi connectivity index (χ1) is 9.13. The first-order valence-electron chi connectivity index (χ1n) is 6.29. The lowest BCUT2D eigenvalue weighted by Crippen LogP contribution is -2.54. The molecule has 1 saturated heterocycles. The third-order valence-electron chi connectivity index (χ3n) is 3.21. The molecule has 2 N–H and O–H groups in total. The fourth-order valence-corrected chi connectivity index (χ4v) is 2.14. The van der Waals surface area contributed by atoms with E-state index in [1.807, 2.05) is 30.3 Å². The SMILES string of the molecule is N#CC1(N)CCCN(C(=O)OCc2ccccc2)C1. The lowest BCUT2D eigenvalue weighted by molar-refractivity contribution is 0.0803. The Hall–Kier alpha value is -2.06. The van der Waals surface area contributed by atoms with Crippen LogP contribution in [0.15, 0.2) is 30.3 Å². The van der Waals surface area contributed by atoms with Gasteiger partial charge in [-0.05, 0) is 18.4 Å². The molecule has 2 rings (SSSR count). The fourth-order valence-electron chi connectivity index (χ4n) is 2.14. The van der Waals surface area contributed by atoms with Crippen LogP contribution in [-0.2, 0) is 11.3 Å². The molecule has 0 saturated carbocycles. The molecule has 100 valence electrons. The highest BCUT2D eigenvalue weighted by molar-refractivity contribution is 5.68. The van der Waals surface area contributed by atoms with Crippen molar-refractivity contribution in [1.29, 1.82) is 5.26 Å². The second-order valence-corrected chi connectivity index (χ2v) is 4.83. The summed E-state index contributed by atoms with van der Waals surface area (Å²) in [5.74, 6) is 0. The number of likely N-dealkylation sites (tertiary alicyclic amines) is 1. The molecule has 1 unspecified atom stereocenters. The zero-order valence-corrected chi connectivity index (χ0v) is 10.7. The van der Waals surface area contributed by atoms with Gasteiger partial charge < -0.3 is 15.4 Å². The minimum absolute atomic E-state index is 0.233. The predicted octanol–water partition coefficient (Wildman–Crippen LogP) is 1.64. The van der Waals surface area contributed by atoms with E-state index in [9.17, 15) is 4.79 Å². The number of piperidine rings is 1. The maximum Gasteiger partial charge on any atom is 0.410 e. The number of hydrogen-bond donors (Lipinski definition) is 1. The van der Waals surface area contributed by atoms with Crippen LogP contribution in [0.5, 0.6) is 0 Å². The minimum atomic E-state index is -0.940. The van der Waals surface area contributed by atoms with E-state index in [4.69, 9.17) is 15.7 Å². The molecular weight excluding hydrogens is 242 g/mol. The van der Waals surface area contributed by atoms with Gasteiger partial charge in [0.2, 0.25) is 0 Å². The maximum absolute atomic E-state index is 11.9. The lowest BCUT2D eigenvalue weighted by atomic mass is 9.92. The summed E-state index contributed by atoms with van der Waals surface area (Å²) in [4.78, 5) is 13.4. The van der Waals surface area contributed by atoms with E-state index < -0.39 is 11.6 Å². The molecule has 1 amide bonds. The van der Waals surface area contributed by atoms with Crippen molar-refractivity contribution in [3.8, 4) is 6.07 Å². The largest absolute Gasteiger partial charge is 0.445 e. The second-order valence-electron chi connectivity index (χ2n) is 4.83. The highest BCUT2D eigenvalue weighted by Gasteiger charge is 2.34. The monoisotopic (exact) mass is 259 g/mol. The average molecular weight is 259 g/mol. The van der Waals surface area contributed by atoms with Crippen molar-refractivity contribution < 1.29 is 9.53 Å². The number of nitrogens with zero attached hydrogens (tertiary/aromatic N) is 2. The zero-order chi connectivity index (χ0) is 13.7. The van der Waals surface area contributed by atoms with Crippen LogP contribution in [0, 0.1) is 11.3 Å². The number of amides is 1. The molecule has 1 aromatic carbocycles. The van der Waals surface area contributed by atoms with E-state index in [0.717, 1.165) is 12.0 Å². The van der Waals surface area contributed by atoms with Crippen molar-refractivity contribution in [2.24, 2.45) is 5.73 Å². The molecule has 1 aromatic rings. The summed E-state index contributed by atoms with van der Waals surface area (Å²) in [6.07, 6.45) is 0.935. The van der Waals surface area contributed by atoms with Crippen molar-refractivity contribution in [2.75, 3.05) is 13.1 Å².